The van der Waals surface area contributed by atoms with Crippen LogP contribution < -0.4 is 4.74 Å². The van der Waals surface area contributed by atoms with Crippen molar-refractivity contribution in [1.82, 2.24) is 0 Å². The van der Waals surface area contributed by atoms with Crippen molar-refractivity contribution in [2.45, 2.75) is 9.79 Å². The third-order valence-electron chi connectivity index (χ3n) is 2.89. The number of rotatable bonds is 6. The van der Waals surface area contributed by atoms with E-state index in [1.165, 1.54) is 6.08 Å². The van der Waals surface area contributed by atoms with Crippen LogP contribution in [0, 0.1) is 0 Å². The van der Waals surface area contributed by atoms with Crippen LogP contribution in [0.4, 0.5) is 0 Å². The number of hydrogen-bond acceptors (Lipinski definition) is 6. The predicted molar refractivity (Wildman–Crippen MR) is 100.0 cm³/mol. The summed E-state index contributed by atoms with van der Waals surface area (Å²) in [7, 11) is 0. The summed E-state index contributed by atoms with van der Waals surface area (Å²) in [6.45, 7) is 6.74. The van der Waals surface area contributed by atoms with Crippen LogP contribution in [-0.2, 0) is 9.59 Å². The van der Waals surface area contributed by atoms with Crippen LogP contribution in [0.5, 0.6) is 5.75 Å². The molecule has 0 atom stereocenters. The molecule has 0 aliphatic heterocycles. The van der Waals surface area contributed by atoms with Crippen LogP contribution in [0.1, 0.15) is 10.4 Å². The lowest BCUT2D eigenvalue weighted by Gasteiger charge is -2.04. The maximum absolute atomic E-state index is 12.3. The first kappa shape index (κ1) is 18.8. The summed E-state index contributed by atoms with van der Waals surface area (Å²) in [5.41, 5.74) is 0.530. The number of thioether (sulfide) groups is 2. The Hall–Kier alpha value is -2.57. The zero-order chi connectivity index (χ0) is 18.2. The van der Waals surface area contributed by atoms with Crippen LogP contribution in [0.25, 0.3) is 0 Å². The van der Waals surface area contributed by atoms with Gasteiger partial charge in [-0.05, 0) is 78.1 Å². The van der Waals surface area contributed by atoms with Gasteiger partial charge < -0.3 is 4.74 Å². The van der Waals surface area contributed by atoms with Crippen molar-refractivity contribution in [3.05, 3.63) is 79.4 Å². The molecular weight excluding hydrogens is 356 g/mol. The van der Waals surface area contributed by atoms with E-state index >= 15 is 0 Å². The van der Waals surface area contributed by atoms with Gasteiger partial charge in [-0.1, -0.05) is 13.2 Å². The smallest absolute Gasteiger partial charge is 0.335 e. The summed E-state index contributed by atoms with van der Waals surface area (Å²) in [6.07, 6.45) is 2.33. The lowest BCUT2D eigenvalue weighted by Crippen LogP contribution is -2.02. The zero-order valence-electron chi connectivity index (χ0n) is 13.1. The van der Waals surface area contributed by atoms with Crippen molar-refractivity contribution in [3.63, 3.8) is 0 Å². The van der Waals surface area contributed by atoms with Gasteiger partial charge in [0.05, 0.1) is 0 Å². The second kappa shape index (κ2) is 9.05. The molecule has 0 amide bonds. The molecule has 0 N–H and O–H groups in total. The third kappa shape index (κ3) is 5.77. The van der Waals surface area contributed by atoms with Crippen LogP contribution in [-0.4, -0.2) is 16.2 Å². The molecule has 0 heterocycles. The standard InChI is InChI=1S/C19H14O4S2/c1-3-17(20)23-14-7-11-16(12-8-14)25-19(22)13-5-9-15(10-6-13)24-18(21)4-2/h3-12H,1-2H2. The zero-order valence-corrected chi connectivity index (χ0v) is 14.8. The summed E-state index contributed by atoms with van der Waals surface area (Å²) < 4.78 is 4.97. The fourth-order valence-electron chi connectivity index (χ4n) is 1.72. The van der Waals surface area contributed by atoms with Crippen LogP contribution in [0.3, 0.4) is 0 Å². The molecule has 6 heteroatoms. The molecule has 0 aliphatic carbocycles. The number of esters is 1. The number of carbonyl (C=O) groups excluding carboxylic acids is 3. The Morgan fingerprint density at radius 1 is 0.800 bits per heavy atom. The monoisotopic (exact) mass is 370 g/mol. The van der Waals surface area contributed by atoms with Gasteiger partial charge in [0.1, 0.15) is 5.75 Å². The molecule has 0 aliphatic rings. The molecule has 126 valence electrons. The SMILES string of the molecule is C=CC(=O)Oc1ccc(SC(=O)c2ccc(SC(=O)C=C)cc2)cc1. The van der Waals surface area contributed by atoms with Crippen molar-refractivity contribution in [3.8, 4) is 5.75 Å². The summed E-state index contributed by atoms with van der Waals surface area (Å²) >= 11 is 2.12. The molecule has 0 radical (unpaired) electrons. The van der Waals surface area contributed by atoms with E-state index in [9.17, 15) is 14.4 Å². The van der Waals surface area contributed by atoms with Gasteiger partial charge in [-0.25, -0.2) is 4.79 Å². The quantitative estimate of drug-likeness (QED) is 0.323. The number of carbonyl (C=O) groups is 3. The molecule has 4 nitrogen and oxygen atoms in total. The summed E-state index contributed by atoms with van der Waals surface area (Å²) in [5, 5.41) is -0.270. The average molecular weight is 370 g/mol. The van der Waals surface area contributed by atoms with E-state index in [4.69, 9.17) is 4.74 Å². The lowest BCUT2D eigenvalue weighted by atomic mass is 10.2. The second-order valence-corrected chi connectivity index (χ2v) is 6.76. The fourth-order valence-corrected chi connectivity index (χ4v) is 3.04. The van der Waals surface area contributed by atoms with Gasteiger partial charge in [-0.3, -0.25) is 9.59 Å². The predicted octanol–water partition coefficient (Wildman–Crippen LogP) is 4.52. The van der Waals surface area contributed by atoms with Gasteiger partial charge in [0.2, 0.25) is 10.2 Å². The average Bonchev–Trinajstić information content (AvgIpc) is 2.63. The molecule has 0 saturated carbocycles. The molecule has 0 bridgehead atoms. The Kier molecular flexibility index (Phi) is 6.80. The number of ether oxygens (including phenoxy) is 1. The highest BCUT2D eigenvalue weighted by molar-refractivity contribution is 8.14. The molecule has 2 rings (SSSR count). The van der Waals surface area contributed by atoms with Gasteiger partial charge in [0, 0.05) is 21.4 Å². The van der Waals surface area contributed by atoms with E-state index in [1.54, 1.807) is 48.5 Å². The van der Waals surface area contributed by atoms with E-state index < -0.39 is 5.97 Å². The highest BCUT2D eigenvalue weighted by Crippen LogP contribution is 2.26. The van der Waals surface area contributed by atoms with Crippen molar-refractivity contribution in [2.24, 2.45) is 0 Å². The van der Waals surface area contributed by atoms with Gasteiger partial charge in [0.15, 0.2) is 0 Å². The van der Waals surface area contributed by atoms with Crippen LogP contribution in [0.2, 0.25) is 0 Å². The maximum Gasteiger partial charge on any atom is 0.335 e. The van der Waals surface area contributed by atoms with E-state index in [2.05, 4.69) is 13.2 Å². The van der Waals surface area contributed by atoms with Crippen molar-refractivity contribution >= 4 is 39.7 Å². The Bertz CT molecular complexity index is 808. The van der Waals surface area contributed by atoms with Crippen LogP contribution >= 0.6 is 23.5 Å². The van der Waals surface area contributed by atoms with Gasteiger partial charge >= 0.3 is 5.97 Å². The summed E-state index contributed by atoms with van der Waals surface area (Å²) in [4.78, 5) is 36.2. The highest BCUT2D eigenvalue weighted by Gasteiger charge is 2.09. The molecule has 2 aromatic carbocycles. The molecule has 25 heavy (non-hydrogen) atoms. The summed E-state index contributed by atoms with van der Waals surface area (Å²) in [6, 6.07) is 13.4. The van der Waals surface area contributed by atoms with Gasteiger partial charge in [0.25, 0.3) is 0 Å². The van der Waals surface area contributed by atoms with Gasteiger partial charge in [-0.15, -0.1) is 0 Å². The lowest BCUT2D eigenvalue weighted by molar-refractivity contribution is -0.129. The van der Waals surface area contributed by atoms with E-state index in [1.807, 2.05) is 0 Å². The maximum atomic E-state index is 12.3. The Balaban J connectivity index is 1.99. The highest BCUT2D eigenvalue weighted by atomic mass is 32.2. The Labute approximate surface area is 154 Å². The van der Waals surface area contributed by atoms with Gasteiger partial charge in [-0.2, -0.15) is 0 Å². The molecule has 0 unspecified atom stereocenters. The third-order valence-corrected chi connectivity index (χ3v) is 4.70. The van der Waals surface area contributed by atoms with Crippen molar-refractivity contribution < 1.29 is 19.1 Å². The van der Waals surface area contributed by atoms with E-state index in [0.717, 1.165) is 39.4 Å². The minimum atomic E-state index is -0.538. The minimum absolute atomic E-state index is 0.123. The Morgan fingerprint density at radius 3 is 1.92 bits per heavy atom. The molecule has 0 spiro atoms. The first-order valence-electron chi connectivity index (χ1n) is 7.12. The second-order valence-electron chi connectivity index (χ2n) is 4.64. The van der Waals surface area contributed by atoms with Crippen molar-refractivity contribution in [1.29, 1.82) is 0 Å². The fraction of sp³-hybridized carbons (Fsp3) is 0. The van der Waals surface area contributed by atoms with Crippen molar-refractivity contribution in [2.75, 3.05) is 0 Å². The number of benzene rings is 2. The largest absolute Gasteiger partial charge is 0.423 e. The normalized spacial score (nSPS) is 9.92. The molecule has 0 aromatic heterocycles. The molecular formula is C19H14O4S2. The summed E-state index contributed by atoms with van der Waals surface area (Å²) in [5.74, 6) is -0.153. The van der Waals surface area contributed by atoms with E-state index in [-0.39, 0.29) is 10.2 Å². The molecule has 2 aromatic rings. The number of hydrogen-bond donors (Lipinski definition) is 0. The topological polar surface area (TPSA) is 60.4 Å². The Morgan fingerprint density at radius 2 is 1.36 bits per heavy atom. The first-order valence-corrected chi connectivity index (χ1v) is 8.76. The van der Waals surface area contributed by atoms with Crippen LogP contribution in [0.15, 0.2) is 83.6 Å². The first-order chi connectivity index (χ1) is 12.0. The molecule has 0 fully saturated rings. The minimum Gasteiger partial charge on any atom is -0.423 e. The molecule has 0 saturated heterocycles. The van der Waals surface area contributed by atoms with E-state index in [0.29, 0.717) is 11.3 Å².